The van der Waals surface area contributed by atoms with Crippen molar-refractivity contribution in [1.29, 1.82) is 0 Å². The van der Waals surface area contributed by atoms with Gasteiger partial charge < -0.3 is 15.0 Å². The van der Waals surface area contributed by atoms with E-state index in [1.807, 2.05) is 83.1 Å². The number of aryl methyl sites for hydroxylation is 2. The van der Waals surface area contributed by atoms with Gasteiger partial charge in [0.15, 0.2) is 6.61 Å². The van der Waals surface area contributed by atoms with Gasteiger partial charge in [-0.15, -0.1) is 0 Å². The Morgan fingerprint density at radius 2 is 1.67 bits per heavy atom. The third kappa shape index (κ3) is 6.90. The van der Waals surface area contributed by atoms with Crippen molar-refractivity contribution < 1.29 is 14.3 Å². The van der Waals surface area contributed by atoms with Crippen LogP contribution < -0.4 is 10.1 Å². The molecule has 0 aliphatic carbocycles. The molecule has 0 saturated heterocycles. The van der Waals surface area contributed by atoms with Crippen molar-refractivity contribution in [3.05, 3.63) is 65.2 Å². The molecule has 162 valence electrons. The molecule has 0 aliphatic rings. The van der Waals surface area contributed by atoms with Gasteiger partial charge in [0.1, 0.15) is 11.8 Å². The van der Waals surface area contributed by atoms with Gasteiger partial charge in [-0.2, -0.15) is 0 Å². The summed E-state index contributed by atoms with van der Waals surface area (Å²) in [5, 5.41) is 3.02. The van der Waals surface area contributed by atoms with E-state index >= 15 is 0 Å². The summed E-state index contributed by atoms with van der Waals surface area (Å²) >= 11 is 0. The molecule has 0 saturated carbocycles. The normalized spacial score (nSPS) is 12.7. The SMILES string of the molecule is CC[C@@H](C)NC(=O)[C@H](CC)N(Cc1cccc(C)c1)C(=O)COc1cccc(C)c1. The molecule has 30 heavy (non-hydrogen) atoms. The summed E-state index contributed by atoms with van der Waals surface area (Å²) in [5.74, 6) is 0.323. The first kappa shape index (κ1) is 23.5. The van der Waals surface area contributed by atoms with Crippen LogP contribution in [0.4, 0.5) is 0 Å². The lowest BCUT2D eigenvalue weighted by Crippen LogP contribution is -2.51. The van der Waals surface area contributed by atoms with E-state index in [-0.39, 0.29) is 24.5 Å². The van der Waals surface area contributed by atoms with Crippen LogP contribution in [0, 0.1) is 13.8 Å². The molecule has 2 aromatic rings. The van der Waals surface area contributed by atoms with Gasteiger partial charge in [0.05, 0.1) is 0 Å². The predicted octanol–water partition coefficient (Wildman–Crippen LogP) is 4.40. The molecule has 0 radical (unpaired) electrons. The van der Waals surface area contributed by atoms with Gasteiger partial charge in [-0.05, 0) is 56.9 Å². The van der Waals surface area contributed by atoms with E-state index in [0.717, 1.165) is 23.1 Å². The standard InChI is InChI=1S/C25H34N2O3/c1-6-20(5)26-25(29)23(7-2)27(16-21-12-8-10-18(3)14-21)24(28)17-30-22-13-9-11-19(4)15-22/h8-15,20,23H,6-7,16-17H2,1-5H3,(H,26,29)/t20-,23+/m1/s1. The van der Waals surface area contributed by atoms with Crippen LogP contribution in [0.3, 0.4) is 0 Å². The highest BCUT2D eigenvalue weighted by molar-refractivity contribution is 5.88. The summed E-state index contributed by atoms with van der Waals surface area (Å²) in [5.41, 5.74) is 3.18. The van der Waals surface area contributed by atoms with Gasteiger partial charge in [0.25, 0.3) is 5.91 Å². The summed E-state index contributed by atoms with van der Waals surface area (Å²) < 4.78 is 5.74. The van der Waals surface area contributed by atoms with Crippen LogP contribution in [0.15, 0.2) is 48.5 Å². The maximum atomic E-state index is 13.2. The van der Waals surface area contributed by atoms with Crippen LogP contribution in [0.1, 0.15) is 50.3 Å². The second-order valence-electron chi connectivity index (χ2n) is 7.86. The molecule has 2 amide bonds. The second-order valence-corrected chi connectivity index (χ2v) is 7.86. The smallest absolute Gasteiger partial charge is 0.261 e. The van der Waals surface area contributed by atoms with Gasteiger partial charge in [-0.3, -0.25) is 9.59 Å². The Morgan fingerprint density at radius 3 is 2.27 bits per heavy atom. The Bertz CT molecular complexity index is 850. The first-order valence-electron chi connectivity index (χ1n) is 10.7. The fraction of sp³-hybridized carbons (Fsp3) is 0.440. The fourth-order valence-electron chi connectivity index (χ4n) is 3.30. The summed E-state index contributed by atoms with van der Waals surface area (Å²) in [6.45, 7) is 10.2. The fourth-order valence-corrected chi connectivity index (χ4v) is 3.30. The van der Waals surface area contributed by atoms with E-state index in [4.69, 9.17) is 4.74 Å². The summed E-state index contributed by atoms with van der Waals surface area (Å²) in [7, 11) is 0. The predicted molar refractivity (Wildman–Crippen MR) is 120 cm³/mol. The number of amides is 2. The van der Waals surface area contributed by atoms with Crippen LogP contribution in [-0.2, 0) is 16.1 Å². The lowest BCUT2D eigenvalue weighted by Gasteiger charge is -2.31. The minimum Gasteiger partial charge on any atom is -0.484 e. The topological polar surface area (TPSA) is 58.6 Å². The molecule has 5 heteroatoms. The first-order valence-corrected chi connectivity index (χ1v) is 10.7. The van der Waals surface area contributed by atoms with E-state index in [0.29, 0.717) is 18.7 Å². The lowest BCUT2D eigenvalue weighted by atomic mass is 10.1. The maximum Gasteiger partial charge on any atom is 0.261 e. The number of hydrogen-bond acceptors (Lipinski definition) is 3. The van der Waals surface area contributed by atoms with Gasteiger partial charge in [-0.25, -0.2) is 0 Å². The Kier molecular flexibility index (Phi) is 8.90. The molecule has 0 unspecified atom stereocenters. The van der Waals surface area contributed by atoms with E-state index in [1.54, 1.807) is 4.90 Å². The van der Waals surface area contributed by atoms with E-state index in [9.17, 15) is 9.59 Å². The highest BCUT2D eigenvalue weighted by Gasteiger charge is 2.29. The Balaban J connectivity index is 2.21. The maximum absolute atomic E-state index is 13.2. The monoisotopic (exact) mass is 410 g/mol. The molecule has 0 aliphatic heterocycles. The number of carbonyl (C=O) groups is 2. The molecular formula is C25H34N2O3. The van der Waals surface area contributed by atoms with Crippen molar-refractivity contribution in [2.75, 3.05) is 6.61 Å². The van der Waals surface area contributed by atoms with Crippen molar-refractivity contribution in [3.8, 4) is 5.75 Å². The first-order chi connectivity index (χ1) is 14.3. The molecule has 0 aromatic heterocycles. The van der Waals surface area contributed by atoms with Crippen LogP contribution in [0.25, 0.3) is 0 Å². The molecule has 0 bridgehead atoms. The number of benzene rings is 2. The highest BCUT2D eigenvalue weighted by Crippen LogP contribution is 2.16. The number of nitrogens with one attached hydrogen (secondary N) is 1. The number of rotatable bonds is 10. The van der Waals surface area contributed by atoms with Gasteiger partial charge in [0, 0.05) is 12.6 Å². The average Bonchev–Trinajstić information content (AvgIpc) is 2.71. The minimum atomic E-state index is -0.548. The van der Waals surface area contributed by atoms with Gasteiger partial charge >= 0.3 is 0 Å². The Labute approximate surface area is 180 Å². The second kappa shape index (κ2) is 11.4. The minimum absolute atomic E-state index is 0.0611. The number of carbonyl (C=O) groups excluding carboxylic acids is 2. The molecule has 0 fully saturated rings. The van der Waals surface area contributed by atoms with Crippen LogP contribution in [0.2, 0.25) is 0 Å². The molecule has 2 rings (SSSR count). The van der Waals surface area contributed by atoms with E-state index in [1.165, 1.54) is 0 Å². The number of hydrogen-bond donors (Lipinski definition) is 1. The molecule has 2 aromatic carbocycles. The van der Waals surface area contributed by atoms with Crippen LogP contribution in [-0.4, -0.2) is 35.4 Å². The van der Waals surface area contributed by atoms with Crippen molar-refractivity contribution in [1.82, 2.24) is 10.2 Å². The third-order valence-corrected chi connectivity index (χ3v) is 5.17. The summed E-state index contributed by atoms with van der Waals surface area (Å²) in [6.07, 6.45) is 1.37. The zero-order valence-electron chi connectivity index (χ0n) is 18.8. The number of nitrogens with zero attached hydrogens (tertiary/aromatic N) is 1. The molecule has 5 nitrogen and oxygen atoms in total. The Morgan fingerprint density at radius 1 is 1.00 bits per heavy atom. The van der Waals surface area contributed by atoms with Crippen LogP contribution in [0.5, 0.6) is 5.75 Å². The molecule has 1 N–H and O–H groups in total. The average molecular weight is 411 g/mol. The van der Waals surface area contributed by atoms with Gasteiger partial charge in [-0.1, -0.05) is 55.8 Å². The zero-order chi connectivity index (χ0) is 22.1. The van der Waals surface area contributed by atoms with Crippen molar-refractivity contribution in [2.24, 2.45) is 0 Å². The summed E-state index contributed by atoms with van der Waals surface area (Å²) in [6, 6.07) is 15.1. The van der Waals surface area contributed by atoms with Crippen molar-refractivity contribution in [2.45, 2.75) is 66.1 Å². The van der Waals surface area contributed by atoms with E-state index < -0.39 is 6.04 Å². The quantitative estimate of drug-likeness (QED) is 0.631. The van der Waals surface area contributed by atoms with Crippen molar-refractivity contribution >= 4 is 11.8 Å². The third-order valence-electron chi connectivity index (χ3n) is 5.17. The van der Waals surface area contributed by atoms with Crippen LogP contribution >= 0.6 is 0 Å². The zero-order valence-corrected chi connectivity index (χ0v) is 18.8. The lowest BCUT2D eigenvalue weighted by molar-refractivity contribution is -0.143. The Hall–Kier alpha value is -2.82. The molecular weight excluding hydrogens is 376 g/mol. The van der Waals surface area contributed by atoms with Gasteiger partial charge in [0.2, 0.25) is 5.91 Å². The largest absolute Gasteiger partial charge is 0.484 e. The molecule has 0 heterocycles. The number of ether oxygens (including phenoxy) is 1. The molecule has 0 spiro atoms. The summed E-state index contributed by atoms with van der Waals surface area (Å²) in [4.78, 5) is 27.7. The van der Waals surface area contributed by atoms with E-state index in [2.05, 4.69) is 5.32 Å². The highest BCUT2D eigenvalue weighted by atomic mass is 16.5. The van der Waals surface area contributed by atoms with Crippen molar-refractivity contribution in [3.63, 3.8) is 0 Å². The molecule has 2 atom stereocenters.